The van der Waals surface area contributed by atoms with Gasteiger partial charge >= 0.3 is 5.97 Å². The van der Waals surface area contributed by atoms with Crippen molar-refractivity contribution < 1.29 is 13.9 Å². The summed E-state index contributed by atoms with van der Waals surface area (Å²) in [6.07, 6.45) is 0.546. The topological polar surface area (TPSA) is 38.3 Å². The average Bonchev–Trinajstić information content (AvgIpc) is 2.26. The Kier molecular flexibility index (Phi) is 3.39. The number of carbonyl (C=O) groups is 1. The van der Waals surface area contributed by atoms with Crippen LogP contribution in [-0.4, -0.2) is 17.6 Å². The van der Waals surface area contributed by atoms with E-state index in [9.17, 15) is 9.18 Å². The van der Waals surface area contributed by atoms with Gasteiger partial charge in [0.2, 0.25) is 0 Å². The van der Waals surface area contributed by atoms with Crippen LogP contribution in [0.2, 0.25) is 0 Å². The molecule has 0 aromatic heterocycles. The van der Waals surface area contributed by atoms with Crippen molar-refractivity contribution in [1.82, 2.24) is 5.32 Å². The molecule has 0 fully saturated rings. The molecule has 4 heteroatoms. The predicted octanol–water partition coefficient (Wildman–Crippen LogP) is 2.18. The SMILES string of the molecule is CC(C)(C)OC(=O)C1Cc2ccc(F)cc2CN1. The third-order valence-electron chi connectivity index (χ3n) is 2.82. The molecule has 1 aliphatic heterocycles. The number of fused-ring (bicyclic) bond motifs is 1. The van der Waals surface area contributed by atoms with Crippen LogP contribution < -0.4 is 5.32 Å². The third-order valence-corrected chi connectivity index (χ3v) is 2.82. The minimum Gasteiger partial charge on any atom is -0.459 e. The molecule has 3 nitrogen and oxygen atoms in total. The van der Waals surface area contributed by atoms with Crippen molar-refractivity contribution in [3.63, 3.8) is 0 Å². The highest BCUT2D eigenvalue weighted by atomic mass is 19.1. The maximum absolute atomic E-state index is 13.1. The van der Waals surface area contributed by atoms with Gasteiger partial charge in [-0.3, -0.25) is 4.79 Å². The molecule has 0 spiro atoms. The zero-order chi connectivity index (χ0) is 13.3. The van der Waals surface area contributed by atoms with Gasteiger partial charge in [-0.1, -0.05) is 6.07 Å². The summed E-state index contributed by atoms with van der Waals surface area (Å²) in [6.45, 7) is 6.03. The smallest absolute Gasteiger partial charge is 0.324 e. The van der Waals surface area contributed by atoms with Gasteiger partial charge in [-0.2, -0.15) is 0 Å². The maximum Gasteiger partial charge on any atom is 0.324 e. The summed E-state index contributed by atoms with van der Waals surface area (Å²) < 4.78 is 18.4. The third kappa shape index (κ3) is 3.07. The Morgan fingerprint density at radius 1 is 1.39 bits per heavy atom. The van der Waals surface area contributed by atoms with Gasteiger partial charge in [0.05, 0.1) is 0 Å². The van der Waals surface area contributed by atoms with Crippen LogP contribution in [0, 0.1) is 5.82 Å². The second-order valence-electron chi connectivity index (χ2n) is 5.58. The first-order chi connectivity index (χ1) is 8.35. The second kappa shape index (κ2) is 4.69. The van der Waals surface area contributed by atoms with Crippen LogP contribution in [0.1, 0.15) is 31.9 Å². The molecular weight excluding hydrogens is 233 g/mol. The summed E-state index contributed by atoms with van der Waals surface area (Å²) in [5.74, 6) is -0.497. The van der Waals surface area contributed by atoms with Crippen LogP contribution >= 0.6 is 0 Å². The lowest BCUT2D eigenvalue weighted by Crippen LogP contribution is -2.45. The molecule has 0 amide bonds. The molecule has 0 bridgehead atoms. The summed E-state index contributed by atoms with van der Waals surface area (Å²) in [5.41, 5.74) is 1.43. The fraction of sp³-hybridized carbons (Fsp3) is 0.500. The fourth-order valence-corrected chi connectivity index (χ4v) is 2.02. The molecular formula is C14H18FNO2. The number of ether oxygens (including phenoxy) is 1. The van der Waals surface area contributed by atoms with E-state index in [-0.39, 0.29) is 17.8 Å². The highest BCUT2D eigenvalue weighted by molar-refractivity contribution is 5.77. The number of carbonyl (C=O) groups excluding carboxylic acids is 1. The van der Waals surface area contributed by atoms with Crippen LogP contribution in [0.3, 0.4) is 0 Å². The largest absolute Gasteiger partial charge is 0.459 e. The normalized spacial score (nSPS) is 19.2. The highest BCUT2D eigenvalue weighted by Gasteiger charge is 2.28. The molecule has 18 heavy (non-hydrogen) atoms. The first kappa shape index (κ1) is 13.0. The van der Waals surface area contributed by atoms with Crippen LogP contribution in [0.4, 0.5) is 4.39 Å². The lowest BCUT2D eigenvalue weighted by molar-refractivity contribution is -0.157. The number of esters is 1. The van der Waals surface area contributed by atoms with Gasteiger partial charge in [0, 0.05) is 6.54 Å². The van der Waals surface area contributed by atoms with Gasteiger partial charge in [-0.15, -0.1) is 0 Å². The quantitative estimate of drug-likeness (QED) is 0.777. The fourth-order valence-electron chi connectivity index (χ4n) is 2.02. The number of benzene rings is 1. The Balaban J connectivity index is 2.08. The molecule has 1 unspecified atom stereocenters. The van der Waals surface area contributed by atoms with E-state index in [2.05, 4.69) is 5.32 Å². The van der Waals surface area contributed by atoms with Gasteiger partial charge in [0.1, 0.15) is 17.5 Å². The molecule has 0 saturated heterocycles. The lowest BCUT2D eigenvalue weighted by Gasteiger charge is -2.28. The van der Waals surface area contributed by atoms with Gasteiger partial charge in [0.25, 0.3) is 0 Å². The molecule has 1 aliphatic rings. The van der Waals surface area contributed by atoms with E-state index in [1.54, 1.807) is 6.07 Å². The van der Waals surface area contributed by atoms with Crippen LogP contribution in [0.5, 0.6) is 0 Å². The summed E-state index contributed by atoms with van der Waals surface area (Å²) in [7, 11) is 0. The van der Waals surface area contributed by atoms with Crippen molar-refractivity contribution in [2.45, 2.75) is 45.4 Å². The van der Waals surface area contributed by atoms with E-state index >= 15 is 0 Å². The molecule has 1 aromatic rings. The van der Waals surface area contributed by atoms with E-state index in [0.29, 0.717) is 13.0 Å². The van der Waals surface area contributed by atoms with Crippen molar-refractivity contribution in [1.29, 1.82) is 0 Å². The van der Waals surface area contributed by atoms with E-state index in [4.69, 9.17) is 4.74 Å². The second-order valence-corrected chi connectivity index (χ2v) is 5.58. The minimum atomic E-state index is -0.484. The number of hydrogen-bond donors (Lipinski definition) is 1. The Labute approximate surface area is 106 Å². The van der Waals surface area contributed by atoms with Crippen LogP contribution in [0.15, 0.2) is 18.2 Å². The molecule has 1 aromatic carbocycles. The van der Waals surface area contributed by atoms with Crippen molar-refractivity contribution in [2.75, 3.05) is 0 Å². The minimum absolute atomic E-state index is 0.244. The number of nitrogens with one attached hydrogen (secondary N) is 1. The van der Waals surface area contributed by atoms with E-state index in [1.165, 1.54) is 12.1 Å². The van der Waals surface area contributed by atoms with Gasteiger partial charge < -0.3 is 10.1 Å². The standard InChI is InChI=1S/C14H18FNO2/c1-14(2,3)18-13(17)12-7-9-4-5-11(15)6-10(9)8-16-12/h4-6,12,16H,7-8H2,1-3H3. The van der Waals surface area contributed by atoms with Crippen LogP contribution in [0.25, 0.3) is 0 Å². The highest BCUT2D eigenvalue weighted by Crippen LogP contribution is 2.19. The zero-order valence-electron chi connectivity index (χ0n) is 10.9. The average molecular weight is 251 g/mol. The summed E-state index contributed by atoms with van der Waals surface area (Å²) in [5, 5.41) is 3.08. The van der Waals surface area contributed by atoms with Crippen molar-refractivity contribution in [3.8, 4) is 0 Å². The Morgan fingerprint density at radius 3 is 2.78 bits per heavy atom. The van der Waals surface area contributed by atoms with Crippen molar-refractivity contribution >= 4 is 5.97 Å². The van der Waals surface area contributed by atoms with Gasteiger partial charge in [0.15, 0.2) is 0 Å². The van der Waals surface area contributed by atoms with Crippen molar-refractivity contribution in [3.05, 3.63) is 35.1 Å². The van der Waals surface area contributed by atoms with E-state index in [0.717, 1.165) is 11.1 Å². The molecule has 98 valence electrons. The van der Waals surface area contributed by atoms with Gasteiger partial charge in [-0.25, -0.2) is 4.39 Å². The molecule has 2 rings (SSSR count). The maximum atomic E-state index is 13.1. The number of halogens is 1. The first-order valence-corrected chi connectivity index (χ1v) is 6.09. The molecule has 0 radical (unpaired) electrons. The molecule has 1 N–H and O–H groups in total. The first-order valence-electron chi connectivity index (χ1n) is 6.09. The molecule has 1 heterocycles. The molecule has 1 atom stereocenters. The summed E-state index contributed by atoms with van der Waals surface area (Å²) in [6, 6.07) is 4.33. The Bertz CT molecular complexity index is 465. The predicted molar refractivity (Wildman–Crippen MR) is 66.6 cm³/mol. The monoisotopic (exact) mass is 251 g/mol. The van der Waals surface area contributed by atoms with Gasteiger partial charge in [-0.05, 0) is 50.5 Å². The lowest BCUT2D eigenvalue weighted by atomic mass is 9.95. The van der Waals surface area contributed by atoms with Crippen LogP contribution in [-0.2, 0) is 22.5 Å². The summed E-state index contributed by atoms with van der Waals surface area (Å²) in [4.78, 5) is 11.9. The van der Waals surface area contributed by atoms with E-state index < -0.39 is 5.60 Å². The zero-order valence-corrected chi connectivity index (χ0v) is 10.9. The number of hydrogen-bond acceptors (Lipinski definition) is 3. The van der Waals surface area contributed by atoms with Crippen molar-refractivity contribution in [2.24, 2.45) is 0 Å². The molecule has 0 aliphatic carbocycles. The van der Waals surface area contributed by atoms with E-state index in [1.807, 2.05) is 20.8 Å². The Hall–Kier alpha value is -1.42. The Morgan fingerprint density at radius 2 is 2.11 bits per heavy atom. The molecule has 0 saturated carbocycles. The number of rotatable bonds is 1. The summed E-state index contributed by atoms with van der Waals surface area (Å²) >= 11 is 0.